The summed E-state index contributed by atoms with van der Waals surface area (Å²) in [5.41, 5.74) is 9.04. The topological polar surface area (TPSA) is 70.9 Å². The number of anilines is 1. The third-order valence-corrected chi connectivity index (χ3v) is 4.29. The van der Waals surface area contributed by atoms with Crippen molar-refractivity contribution >= 4 is 17.1 Å². The highest BCUT2D eigenvalue weighted by atomic mass is 16.5. The quantitative estimate of drug-likeness (QED) is 0.927. The van der Waals surface area contributed by atoms with Gasteiger partial charge in [0.15, 0.2) is 5.65 Å². The predicted molar refractivity (Wildman–Crippen MR) is 78.5 cm³/mol. The molecule has 0 spiro atoms. The molecule has 0 aromatic carbocycles. The van der Waals surface area contributed by atoms with Crippen molar-refractivity contribution in [2.24, 2.45) is 5.92 Å². The van der Waals surface area contributed by atoms with Crippen LogP contribution in [-0.4, -0.2) is 32.0 Å². The Bertz CT molecular complexity index is 615. The van der Waals surface area contributed by atoms with Gasteiger partial charge in [-0.05, 0) is 26.7 Å². The number of ether oxygens (including phenoxy) is 1. The molecule has 0 radical (unpaired) electrons. The molecule has 3 rings (SSSR count). The van der Waals surface area contributed by atoms with Crippen molar-refractivity contribution in [2.45, 2.75) is 52.8 Å². The van der Waals surface area contributed by atoms with Gasteiger partial charge in [-0.25, -0.2) is 9.67 Å². The molecule has 6 nitrogen and oxygen atoms in total. The first-order valence-corrected chi connectivity index (χ1v) is 7.46. The van der Waals surface area contributed by atoms with Crippen LogP contribution in [-0.2, 0) is 17.8 Å². The highest BCUT2D eigenvalue weighted by Gasteiger charge is 2.29. The zero-order valence-corrected chi connectivity index (χ0v) is 12.5. The maximum atomic E-state index is 6.13. The lowest BCUT2D eigenvalue weighted by molar-refractivity contribution is 0.0838. The maximum Gasteiger partial charge on any atom is 0.202 e. The van der Waals surface area contributed by atoms with Crippen LogP contribution in [0.5, 0.6) is 0 Å². The lowest BCUT2D eigenvalue weighted by Crippen LogP contribution is -2.22. The molecule has 0 saturated carbocycles. The second kappa shape index (κ2) is 5.09. The molecule has 2 atom stereocenters. The molecule has 110 valence electrons. The molecular formula is C14H23N5O. The number of fused-ring (bicyclic) bond motifs is 1. The molecular weight excluding hydrogens is 254 g/mol. The zero-order valence-electron chi connectivity index (χ0n) is 12.5. The summed E-state index contributed by atoms with van der Waals surface area (Å²) >= 11 is 0. The number of nitrogens with zero attached hydrogens (tertiary/aromatic N) is 4. The maximum absolute atomic E-state index is 6.13. The van der Waals surface area contributed by atoms with Gasteiger partial charge in [0.2, 0.25) is 5.95 Å². The van der Waals surface area contributed by atoms with Gasteiger partial charge in [-0.3, -0.25) is 4.57 Å². The van der Waals surface area contributed by atoms with Gasteiger partial charge in [-0.2, -0.15) is 5.10 Å². The van der Waals surface area contributed by atoms with Gasteiger partial charge in [-0.15, -0.1) is 0 Å². The van der Waals surface area contributed by atoms with Crippen LogP contribution in [0.25, 0.3) is 11.2 Å². The summed E-state index contributed by atoms with van der Waals surface area (Å²) in [6.45, 7) is 8.80. The Morgan fingerprint density at radius 2 is 2.20 bits per heavy atom. The van der Waals surface area contributed by atoms with Crippen LogP contribution in [0.3, 0.4) is 0 Å². The van der Waals surface area contributed by atoms with Gasteiger partial charge in [0.1, 0.15) is 5.52 Å². The first-order chi connectivity index (χ1) is 9.65. The number of aromatic nitrogens is 4. The monoisotopic (exact) mass is 277 g/mol. The Balaban J connectivity index is 2.00. The number of hydrogen-bond acceptors (Lipinski definition) is 4. The van der Waals surface area contributed by atoms with E-state index in [0.29, 0.717) is 18.0 Å². The summed E-state index contributed by atoms with van der Waals surface area (Å²) in [5, 5.41) is 4.53. The van der Waals surface area contributed by atoms with E-state index in [-0.39, 0.29) is 0 Å². The second-order valence-corrected chi connectivity index (χ2v) is 5.52. The number of nitrogen functional groups attached to an aromatic ring is 1. The summed E-state index contributed by atoms with van der Waals surface area (Å²) in [5.74, 6) is 1.10. The second-order valence-electron chi connectivity index (χ2n) is 5.52. The van der Waals surface area contributed by atoms with Crippen molar-refractivity contribution in [3.63, 3.8) is 0 Å². The minimum Gasteiger partial charge on any atom is -0.378 e. The minimum atomic E-state index is 0.339. The number of hydrogen-bond donors (Lipinski definition) is 1. The van der Waals surface area contributed by atoms with Crippen LogP contribution in [0.2, 0.25) is 0 Å². The van der Waals surface area contributed by atoms with Crippen molar-refractivity contribution in [1.29, 1.82) is 0 Å². The Labute approximate surface area is 118 Å². The fourth-order valence-electron chi connectivity index (χ4n) is 3.23. The van der Waals surface area contributed by atoms with E-state index in [2.05, 4.69) is 28.5 Å². The molecule has 0 bridgehead atoms. The summed E-state index contributed by atoms with van der Waals surface area (Å²) < 4.78 is 9.88. The first-order valence-electron chi connectivity index (χ1n) is 7.46. The normalized spacial score (nSPS) is 22.9. The van der Waals surface area contributed by atoms with E-state index < -0.39 is 0 Å². The average molecular weight is 277 g/mol. The molecule has 1 aliphatic heterocycles. The summed E-state index contributed by atoms with van der Waals surface area (Å²) in [6.07, 6.45) is 2.48. The molecule has 2 aromatic rings. The van der Waals surface area contributed by atoms with E-state index in [0.717, 1.165) is 49.4 Å². The largest absolute Gasteiger partial charge is 0.378 e. The molecule has 0 aliphatic carbocycles. The lowest BCUT2D eigenvalue weighted by atomic mass is 9.99. The van der Waals surface area contributed by atoms with E-state index in [1.807, 2.05) is 11.6 Å². The van der Waals surface area contributed by atoms with Crippen molar-refractivity contribution in [3.8, 4) is 0 Å². The van der Waals surface area contributed by atoms with Gasteiger partial charge < -0.3 is 10.5 Å². The van der Waals surface area contributed by atoms with Crippen LogP contribution >= 0.6 is 0 Å². The molecule has 0 amide bonds. The third kappa shape index (κ3) is 1.98. The Kier molecular flexibility index (Phi) is 3.41. The highest BCUT2D eigenvalue weighted by molar-refractivity contribution is 5.77. The van der Waals surface area contributed by atoms with Crippen LogP contribution < -0.4 is 5.73 Å². The van der Waals surface area contributed by atoms with Crippen LogP contribution in [0.15, 0.2) is 0 Å². The van der Waals surface area contributed by atoms with E-state index in [9.17, 15) is 0 Å². The van der Waals surface area contributed by atoms with Crippen LogP contribution in [0.4, 0.5) is 5.95 Å². The smallest absolute Gasteiger partial charge is 0.202 e. The molecule has 2 N–H and O–H groups in total. The number of imidazole rings is 1. The molecule has 6 heteroatoms. The minimum absolute atomic E-state index is 0.339. The summed E-state index contributed by atoms with van der Waals surface area (Å²) in [4.78, 5) is 4.49. The van der Waals surface area contributed by atoms with Gasteiger partial charge in [-0.1, -0.05) is 6.92 Å². The zero-order chi connectivity index (χ0) is 14.3. The average Bonchev–Trinajstić information content (AvgIpc) is 3.09. The van der Waals surface area contributed by atoms with E-state index in [1.54, 1.807) is 0 Å². The van der Waals surface area contributed by atoms with Gasteiger partial charge in [0.05, 0.1) is 11.8 Å². The SMILES string of the molecule is CCC1OCCC1Cn1c(N)nc2c(C)nn(CC)c21. The molecule has 1 saturated heterocycles. The van der Waals surface area contributed by atoms with Crippen molar-refractivity contribution in [1.82, 2.24) is 19.3 Å². The first kappa shape index (κ1) is 13.4. The standard InChI is InChI=1S/C14H23N5O/c1-4-11-10(6-7-20-11)8-18-13-12(16-14(18)15)9(3)17-19(13)5-2/h10-11H,4-8H2,1-3H3,(H2,15,16). The lowest BCUT2D eigenvalue weighted by Gasteiger charge is -2.18. The molecule has 1 aliphatic rings. The molecule has 20 heavy (non-hydrogen) atoms. The highest BCUT2D eigenvalue weighted by Crippen LogP contribution is 2.29. The number of nitrogens with two attached hydrogens (primary N) is 1. The van der Waals surface area contributed by atoms with Crippen molar-refractivity contribution in [3.05, 3.63) is 5.69 Å². The summed E-state index contributed by atoms with van der Waals surface area (Å²) in [6, 6.07) is 0. The van der Waals surface area contributed by atoms with Gasteiger partial charge in [0, 0.05) is 25.6 Å². The number of rotatable bonds is 4. The van der Waals surface area contributed by atoms with Crippen molar-refractivity contribution < 1.29 is 4.74 Å². The molecule has 2 unspecified atom stereocenters. The van der Waals surface area contributed by atoms with Gasteiger partial charge in [0.25, 0.3) is 0 Å². The fraction of sp³-hybridized carbons (Fsp3) is 0.714. The Hall–Kier alpha value is -1.56. The molecule has 3 heterocycles. The van der Waals surface area contributed by atoms with Gasteiger partial charge >= 0.3 is 0 Å². The summed E-state index contributed by atoms with van der Waals surface area (Å²) in [7, 11) is 0. The Morgan fingerprint density at radius 1 is 1.40 bits per heavy atom. The fourth-order valence-corrected chi connectivity index (χ4v) is 3.23. The molecule has 2 aromatic heterocycles. The van der Waals surface area contributed by atoms with Crippen molar-refractivity contribution in [2.75, 3.05) is 12.3 Å². The van der Waals surface area contributed by atoms with E-state index in [1.165, 1.54) is 0 Å². The third-order valence-electron chi connectivity index (χ3n) is 4.29. The Morgan fingerprint density at radius 3 is 2.90 bits per heavy atom. The van der Waals surface area contributed by atoms with Crippen LogP contribution in [0, 0.1) is 12.8 Å². The number of aryl methyl sites for hydroxylation is 2. The van der Waals surface area contributed by atoms with Crippen LogP contribution in [0.1, 0.15) is 32.4 Å². The molecule has 1 fully saturated rings. The van der Waals surface area contributed by atoms with E-state index in [4.69, 9.17) is 10.5 Å². The predicted octanol–water partition coefficient (Wildman–Crippen LogP) is 1.96. The van der Waals surface area contributed by atoms with E-state index >= 15 is 0 Å².